The maximum atomic E-state index is 12.5. The summed E-state index contributed by atoms with van der Waals surface area (Å²) in [5.41, 5.74) is 1.16. The van der Waals surface area contributed by atoms with Gasteiger partial charge in [-0.3, -0.25) is 4.79 Å². The molecule has 6 nitrogen and oxygen atoms in total. The fourth-order valence-electron chi connectivity index (χ4n) is 1.23. The van der Waals surface area contributed by atoms with Crippen molar-refractivity contribution in [2.75, 3.05) is 11.9 Å². The van der Waals surface area contributed by atoms with Crippen molar-refractivity contribution in [1.29, 1.82) is 0 Å². The lowest BCUT2D eigenvalue weighted by Gasteiger charge is -2.10. The Labute approximate surface area is 96.7 Å². The summed E-state index contributed by atoms with van der Waals surface area (Å²) in [6.45, 7) is 1.46. The lowest BCUT2D eigenvalue weighted by Crippen LogP contribution is -2.22. The van der Waals surface area contributed by atoms with E-state index in [1.807, 2.05) is 0 Å². The third-order valence-electron chi connectivity index (χ3n) is 2.30. The van der Waals surface area contributed by atoms with E-state index in [9.17, 15) is 9.18 Å². The minimum absolute atomic E-state index is 0.0973. The Morgan fingerprint density at radius 1 is 1.35 bits per heavy atom. The van der Waals surface area contributed by atoms with Gasteiger partial charge in [0.25, 0.3) is 0 Å². The minimum Gasteiger partial charge on any atom is -0.313 e. The Bertz CT molecular complexity index is 536. The number of carbonyl (C=O) groups is 1. The Morgan fingerprint density at radius 3 is 2.59 bits per heavy atom. The van der Waals surface area contributed by atoms with Gasteiger partial charge in [-0.15, -0.1) is 0 Å². The summed E-state index contributed by atoms with van der Waals surface area (Å²) in [6, 6.07) is 0. The molecular formula is C10H10FN5O. The first-order valence-electron chi connectivity index (χ1n) is 4.85. The van der Waals surface area contributed by atoms with Gasteiger partial charge in [-0.1, -0.05) is 0 Å². The Hall–Kier alpha value is -2.31. The summed E-state index contributed by atoms with van der Waals surface area (Å²) < 4.78 is 14.0. The van der Waals surface area contributed by atoms with Gasteiger partial charge < -0.3 is 4.90 Å². The molecule has 1 amide bonds. The first-order chi connectivity index (χ1) is 8.08. The van der Waals surface area contributed by atoms with Crippen LogP contribution in [0, 0.1) is 6.08 Å². The number of hydrogen-bond acceptors (Lipinski definition) is 4. The van der Waals surface area contributed by atoms with E-state index in [1.54, 1.807) is 13.2 Å². The van der Waals surface area contributed by atoms with Crippen molar-refractivity contribution in [3.05, 3.63) is 30.9 Å². The molecule has 2 rings (SSSR count). The second-order valence-corrected chi connectivity index (χ2v) is 3.43. The van der Waals surface area contributed by atoms with Crippen molar-refractivity contribution < 1.29 is 9.18 Å². The zero-order valence-electron chi connectivity index (χ0n) is 9.33. The normalized spacial score (nSPS) is 10.3. The molecule has 2 aromatic heterocycles. The van der Waals surface area contributed by atoms with Crippen LogP contribution in [0.3, 0.4) is 0 Å². The molecule has 0 aliphatic rings. The molecule has 0 saturated heterocycles. The summed E-state index contributed by atoms with van der Waals surface area (Å²) in [5, 5.41) is 4.04. The van der Waals surface area contributed by atoms with Crippen LogP contribution in [-0.4, -0.2) is 32.7 Å². The minimum atomic E-state index is -0.790. The number of amides is 1. The van der Waals surface area contributed by atoms with Crippen molar-refractivity contribution >= 4 is 11.6 Å². The molecular weight excluding hydrogens is 225 g/mol. The molecule has 0 atom stereocenters. The van der Waals surface area contributed by atoms with Gasteiger partial charge in [-0.2, -0.15) is 9.49 Å². The zero-order valence-corrected chi connectivity index (χ0v) is 9.33. The molecule has 0 saturated carbocycles. The van der Waals surface area contributed by atoms with Gasteiger partial charge in [0, 0.05) is 14.0 Å². The Morgan fingerprint density at radius 2 is 2.00 bits per heavy atom. The van der Waals surface area contributed by atoms with Gasteiger partial charge >= 0.3 is 6.08 Å². The number of aromatic nitrogens is 4. The van der Waals surface area contributed by atoms with Crippen molar-refractivity contribution in [2.45, 2.75) is 6.92 Å². The third kappa shape index (κ3) is 2.27. The number of rotatable bonds is 2. The smallest absolute Gasteiger partial charge is 0.308 e. The lowest BCUT2D eigenvalue weighted by atomic mass is 10.4. The third-order valence-corrected chi connectivity index (χ3v) is 2.30. The van der Waals surface area contributed by atoms with Crippen LogP contribution in [0.1, 0.15) is 6.92 Å². The maximum Gasteiger partial charge on any atom is 0.308 e. The van der Waals surface area contributed by atoms with Gasteiger partial charge in [-0.05, 0) is 0 Å². The molecule has 0 fully saturated rings. The molecule has 0 aromatic carbocycles. The van der Waals surface area contributed by atoms with Crippen molar-refractivity contribution in [3.63, 3.8) is 0 Å². The second-order valence-electron chi connectivity index (χ2n) is 3.43. The first-order valence-corrected chi connectivity index (χ1v) is 4.85. The van der Waals surface area contributed by atoms with Crippen LogP contribution in [-0.2, 0) is 4.79 Å². The van der Waals surface area contributed by atoms with Crippen molar-refractivity contribution in [1.82, 2.24) is 19.7 Å². The Kier molecular flexibility index (Phi) is 2.82. The summed E-state index contributed by atoms with van der Waals surface area (Å²) in [7, 11) is 1.64. The first kappa shape index (κ1) is 11.2. The monoisotopic (exact) mass is 235 g/mol. The van der Waals surface area contributed by atoms with Gasteiger partial charge in [-0.25, -0.2) is 14.6 Å². The van der Waals surface area contributed by atoms with E-state index < -0.39 is 6.08 Å². The van der Waals surface area contributed by atoms with Gasteiger partial charge in [0.15, 0.2) is 0 Å². The van der Waals surface area contributed by atoms with E-state index in [2.05, 4.69) is 15.1 Å². The van der Waals surface area contributed by atoms with Crippen LogP contribution in [0.2, 0.25) is 0 Å². The fraction of sp³-hybridized carbons (Fsp3) is 0.200. The second kappa shape index (κ2) is 4.28. The van der Waals surface area contributed by atoms with Crippen LogP contribution >= 0.6 is 0 Å². The summed E-state index contributed by atoms with van der Waals surface area (Å²) in [5.74, 6) is -0.0973. The molecule has 7 heteroatoms. The van der Waals surface area contributed by atoms with E-state index in [1.165, 1.54) is 35.1 Å². The van der Waals surface area contributed by atoms with Crippen LogP contribution < -0.4 is 4.90 Å². The molecule has 0 bridgehead atoms. The molecule has 0 N–H and O–H groups in total. The SMILES string of the molecule is CC(=O)N(C)c1cnn(-c2cnc(F)nc2)c1. The summed E-state index contributed by atoms with van der Waals surface area (Å²) >= 11 is 0. The summed E-state index contributed by atoms with van der Waals surface area (Å²) in [6.07, 6.45) is 5.00. The number of halogens is 1. The largest absolute Gasteiger partial charge is 0.313 e. The number of nitrogens with zero attached hydrogens (tertiary/aromatic N) is 5. The van der Waals surface area contributed by atoms with E-state index in [4.69, 9.17) is 0 Å². The van der Waals surface area contributed by atoms with Crippen LogP contribution in [0.4, 0.5) is 10.1 Å². The number of hydrogen-bond donors (Lipinski definition) is 0. The van der Waals surface area contributed by atoms with E-state index >= 15 is 0 Å². The van der Waals surface area contributed by atoms with Crippen LogP contribution in [0.5, 0.6) is 0 Å². The highest BCUT2D eigenvalue weighted by Gasteiger charge is 2.09. The highest BCUT2D eigenvalue weighted by Crippen LogP contribution is 2.13. The molecule has 0 unspecified atom stereocenters. The molecule has 0 aliphatic carbocycles. The molecule has 0 spiro atoms. The van der Waals surface area contributed by atoms with E-state index in [-0.39, 0.29) is 5.91 Å². The van der Waals surface area contributed by atoms with E-state index in [0.717, 1.165) is 0 Å². The molecule has 0 aliphatic heterocycles. The molecule has 2 aromatic rings. The van der Waals surface area contributed by atoms with E-state index in [0.29, 0.717) is 11.4 Å². The molecule has 88 valence electrons. The van der Waals surface area contributed by atoms with Crippen molar-refractivity contribution in [3.8, 4) is 5.69 Å². The maximum absolute atomic E-state index is 12.5. The fourth-order valence-corrected chi connectivity index (χ4v) is 1.23. The molecule has 17 heavy (non-hydrogen) atoms. The zero-order chi connectivity index (χ0) is 12.4. The van der Waals surface area contributed by atoms with Gasteiger partial charge in [0.05, 0.1) is 30.5 Å². The lowest BCUT2D eigenvalue weighted by molar-refractivity contribution is -0.116. The van der Waals surface area contributed by atoms with Crippen molar-refractivity contribution in [2.24, 2.45) is 0 Å². The average molecular weight is 235 g/mol. The van der Waals surface area contributed by atoms with Gasteiger partial charge in [0.2, 0.25) is 5.91 Å². The quantitative estimate of drug-likeness (QED) is 0.722. The topological polar surface area (TPSA) is 63.9 Å². The molecule has 2 heterocycles. The Balaban J connectivity index is 2.29. The number of anilines is 1. The predicted octanol–water partition coefficient (Wildman–Crippen LogP) is 0.784. The predicted molar refractivity (Wildman–Crippen MR) is 58.2 cm³/mol. The van der Waals surface area contributed by atoms with Crippen LogP contribution in [0.25, 0.3) is 5.69 Å². The highest BCUT2D eigenvalue weighted by atomic mass is 19.1. The van der Waals surface area contributed by atoms with Crippen LogP contribution in [0.15, 0.2) is 24.8 Å². The average Bonchev–Trinajstić information content (AvgIpc) is 2.78. The molecule has 0 radical (unpaired) electrons. The number of carbonyl (C=O) groups excluding carboxylic acids is 1. The standard InChI is InChI=1S/C10H10FN5O/c1-7(17)15(2)9-5-14-16(6-9)8-3-12-10(11)13-4-8/h3-6H,1-2H3. The van der Waals surface area contributed by atoms with Gasteiger partial charge in [0.1, 0.15) is 5.69 Å². The summed E-state index contributed by atoms with van der Waals surface area (Å²) in [4.78, 5) is 19.5. The highest BCUT2D eigenvalue weighted by molar-refractivity contribution is 5.90.